The zero-order chi connectivity index (χ0) is 19.2. The first-order valence-electron chi connectivity index (χ1n) is 8.73. The Morgan fingerprint density at radius 2 is 1.71 bits per heavy atom. The number of nitrogens with one attached hydrogen (secondary N) is 1. The lowest BCUT2D eigenvalue weighted by atomic mass is 10.2. The molecule has 0 spiro atoms. The van der Waals surface area contributed by atoms with Crippen molar-refractivity contribution in [2.45, 2.75) is 0 Å². The van der Waals surface area contributed by atoms with Crippen molar-refractivity contribution in [2.24, 2.45) is 5.10 Å². The number of hydrogen-bond donors (Lipinski definition) is 1. The highest BCUT2D eigenvalue weighted by Gasteiger charge is 2.06. The number of thiophene rings is 1. The van der Waals surface area contributed by atoms with Crippen LogP contribution in [-0.2, 0) is 0 Å². The second kappa shape index (κ2) is 8.45. The van der Waals surface area contributed by atoms with Crippen LogP contribution < -0.4 is 10.2 Å². The molecule has 2 aromatic heterocycles. The number of aromatic nitrogens is 2. The van der Waals surface area contributed by atoms with Crippen LogP contribution >= 0.6 is 11.3 Å². The second-order valence-electron chi connectivity index (χ2n) is 5.94. The topological polar surface area (TPSA) is 59.4 Å². The number of hydrazone groups is 1. The van der Waals surface area contributed by atoms with E-state index in [1.165, 1.54) is 0 Å². The van der Waals surface area contributed by atoms with Gasteiger partial charge in [0.15, 0.2) is 5.82 Å². The van der Waals surface area contributed by atoms with Gasteiger partial charge in [0, 0.05) is 4.88 Å². The van der Waals surface area contributed by atoms with Crippen LogP contribution in [0.4, 0.5) is 5.82 Å². The smallest absolute Gasteiger partial charge is 0.173 e. The number of fused-ring (bicyclic) bond motifs is 1. The zero-order valence-electron chi connectivity index (χ0n) is 15.2. The third kappa shape index (κ3) is 4.24. The Kier molecular flexibility index (Phi) is 5.40. The van der Waals surface area contributed by atoms with Crippen LogP contribution in [0, 0.1) is 0 Å². The molecule has 0 radical (unpaired) electrons. The minimum absolute atomic E-state index is 0.608. The number of rotatable bonds is 6. The largest absolute Gasteiger partial charge is 0.497 e. The molecule has 0 aliphatic heterocycles. The van der Waals surface area contributed by atoms with E-state index in [0.717, 1.165) is 32.9 Å². The summed E-state index contributed by atoms with van der Waals surface area (Å²) in [5, 5.41) is 6.38. The molecule has 0 bridgehead atoms. The summed E-state index contributed by atoms with van der Waals surface area (Å²) >= 11 is 1.67. The predicted octanol–water partition coefficient (Wildman–Crippen LogP) is 5.32. The van der Waals surface area contributed by atoms with Crippen molar-refractivity contribution < 1.29 is 4.74 Å². The maximum atomic E-state index is 5.17. The van der Waals surface area contributed by atoms with Crippen molar-refractivity contribution in [1.29, 1.82) is 0 Å². The van der Waals surface area contributed by atoms with Crippen LogP contribution in [0.15, 0.2) is 71.1 Å². The molecule has 4 rings (SSSR count). The van der Waals surface area contributed by atoms with Crippen molar-refractivity contribution >= 4 is 46.6 Å². The Bertz CT molecular complexity index is 1120. The predicted molar refractivity (Wildman–Crippen MR) is 117 cm³/mol. The summed E-state index contributed by atoms with van der Waals surface area (Å²) in [4.78, 5) is 10.6. The summed E-state index contributed by atoms with van der Waals surface area (Å²) in [6.07, 6.45) is 5.72. The van der Waals surface area contributed by atoms with Gasteiger partial charge in [0.05, 0.1) is 24.4 Å². The van der Waals surface area contributed by atoms with E-state index in [9.17, 15) is 0 Å². The van der Waals surface area contributed by atoms with Gasteiger partial charge in [0.25, 0.3) is 0 Å². The minimum Gasteiger partial charge on any atom is -0.497 e. The fourth-order valence-electron chi connectivity index (χ4n) is 2.62. The van der Waals surface area contributed by atoms with E-state index in [1.807, 2.05) is 72.1 Å². The van der Waals surface area contributed by atoms with Crippen LogP contribution in [0.25, 0.3) is 23.2 Å². The first-order chi connectivity index (χ1) is 13.8. The van der Waals surface area contributed by atoms with E-state index in [1.54, 1.807) is 24.7 Å². The van der Waals surface area contributed by atoms with Gasteiger partial charge in [-0.2, -0.15) is 5.10 Å². The Labute approximate surface area is 167 Å². The Balaban J connectivity index is 1.61. The maximum Gasteiger partial charge on any atom is 0.173 e. The molecule has 138 valence electrons. The molecule has 0 atom stereocenters. The summed E-state index contributed by atoms with van der Waals surface area (Å²) < 4.78 is 5.17. The second-order valence-corrected chi connectivity index (χ2v) is 6.92. The van der Waals surface area contributed by atoms with Gasteiger partial charge >= 0.3 is 0 Å². The third-order valence-electron chi connectivity index (χ3n) is 4.05. The number of hydrogen-bond acceptors (Lipinski definition) is 6. The summed E-state index contributed by atoms with van der Waals surface area (Å²) in [6, 6.07) is 19.5. The molecule has 0 saturated heterocycles. The average Bonchev–Trinajstić information content (AvgIpc) is 3.26. The molecule has 1 N–H and O–H groups in total. The molecule has 5 nitrogen and oxygen atoms in total. The van der Waals surface area contributed by atoms with Crippen LogP contribution in [0.1, 0.15) is 16.1 Å². The molecule has 0 saturated carbocycles. The molecular weight excluding hydrogens is 368 g/mol. The molecule has 4 aromatic rings. The molecule has 28 heavy (non-hydrogen) atoms. The Morgan fingerprint density at radius 1 is 0.929 bits per heavy atom. The van der Waals surface area contributed by atoms with E-state index in [-0.39, 0.29) is 0 Å². The van der Waals surface area contributed by atoms with Crippen molar-refractivity contribution in [3.63, 3.8) is 0 Å². The van der Waals surface area contributed by atoms with Crippen molar-refractivity contribution in [1.82, 2.24) is 9.97 Å². The van der Waals surface area contributed by atoms with Crippen LogP contribution in [0.3, 0.4) is 0 Å². The van der Waals surface area contributed by atoms with Gasteiger partial charge < -0.3 is 4.74 Å². The van der Waals surface area contributed by atoms with E-state index in [4.69, 9.17) is 9.72 Å². The molecule has 2 heterocycles. The van der Waals surface area contributed by atoms with E-state index in [2.05, 4.69) is 21.6 Å². The molecule has 0 fully saturated rings. The normalized spacial score (nSPS) is 11.5. The van der Waals surface area contributed by atoms with Crippen molar-refractivity contribution in [3.8, 4) is 5.75 Å². The standard InChI is InChI=1S/C22H18N4OS/c1-27-17-10-8-16(9-11-17)15-23-26-22-21(13-12-18-5-4-14-28-18)24-19-6-2-3-7-20(19)25-22/h2-15H,1H3,(H,25,26)/b13-12+,23-15-. The fraction of sp³-hybridized carbons (Fsp3) is 0.0455. The molecule has 6 heteroatoms. The van der Waals surface area contributed by atoms with Gasteiger partial charge in [-0.05, 0) is 65.6 Å². The summed E-state index contributed by atoms with van der Waals surface area (Å²) in [5.74, 6) is 1.42. The van der Waals surface area contributed by atoms with Crippen molar-refractivity contribution in [2.75, 3.05) is 12.5 Å². The highest BCUT2D eigenvalue weighted by Crippen LogP contribution is 2.20. The zero-order valence-corrected chi connectivity index (χ0v) is 16.1. The van der Waals surface area contributed by atoms with Crippen LogP contribution in [0.2, 0.25) is 0 Å². The van der Waals surface area contributed by atoms with Gasteiger partial charge in [-0.25, -0.2) is 9.97 Å². The molecule has 0 unspecified atom stereocenters. The third-order valence-corrected chi connectivity index (χ3v) is 4.88. The number of nitrogens with zero attached hydrogens (tertiary/aromatic N) is 3. The molecule has 0 aliphatic rings. The van der Waals surface area contributed by atoms with Gasteiger partial charge in [0.2, 0.25) is 0 Å². The highest BCUT2D eigenvalue weighted by atomic mass is 32.1. The van der Waals surface area contributed by atoms with Gasteiger partial charge in [-0.1, -0.05) is 18.2 Å². The molecular formula is C22H18N4OS. The average molecular weight is 386 g/mol. The number of benzene rings is 2. The fourth-order valence-corrected chi connectivity index (χ4v) is 3.24. The first kappa shape index (κ1) is 17.9. The highest BCUT2D eigenvalue weighted by molar-refractivity contribution is 7.10. The lowest BCUT2D eigenvalue weighted by molar-refractivity contribution is 0.415. The Morgan fingerprint density at radius 3 is 2.43 bits per heavy atom. The molecule has 0 amide bonds. The van der Waals surface area contributed by atoms with E-state index < -0.39 is 0 Å². The summed E-state index contributed by atoms with van der Waals surface area (Å²) in [7, 11) is 1.65. The Hall–Kier alpha value is -3.51. The first-order valence-corrected chi connectivity index (χ1v) is 9.61. The SMILES string of the molecule is COc1ccc(/C=N\Nc2nc3ccccc3nc2/C=C/c2cccs2)cc1. The number of ether oxygens (including phenoxy) is 1. The molecule has 2 aromatic carbocycles. The summed E-state index contributed by atoms with van der Waals surface area (Å²) in [6.45, 7) is 0. The lowest BCUT2D eigenvalue weighted by Gasteiger charge is -2.06. The van der Waals surface area contributed by atoms with E-state index in [0.29, 0.717) is 5.82 Å². The van der Waals surface area contributed by atoms with Gasteiger partial charge in [-0.3, -0.25) is 5.43 Å². The number of para-hydroxylation sites is 2. The number of methoxy groups -OCH3 is 1. The van der Waals surface area contributed by atoms with Crippen LogP contribution in [-0.4, -0.2) is 23.3 Å². The van der Waals surface area contributed by atoms with Crippen LogP contribution in [0.5, 0.6) is 5.75 Å². The quantitative estimate of drug-likeness (QED) is 0.360. The van der Waals surface area contributed by atoms with E-state index >= 15 is 0 Å². The monoisotopic (exact) mass is 386 g/mol. The minimum atomic E-state index is 0.608. The van der Waals surface area contributed by atoms with Gasteiger partial charge in [-0.15, -0.1) is 11.3 Å². The number of anilines is 1. The van der Waals surface area contributed by atoms with Crippen molar-refractivity contribution in [3.05, 3.63) is 82.2 Å². The lowest BCUT2D eigenvalue weighted by Crippen LogP contribution is -1.99. The van der Waals surface area contributed by atoms with Gasteiger partial charge in [0.1, 0.15) is 11.4 Å². The maximum absolute atomic E-state index is 5.17. The summed E-state index contributed by atoms with van der Waals surface area (Å²) in [5.41, 5.74) is 6.38. The molecule has 0 aliphatic carbocycles.